The Labute approximate surface area is 97.7 Å². The second kappa shape index (κ2) is 4.45. The molecule has 0 saturated heterocycles. The fourth-order valence-corrected chi connectivity index (χ4v) is 1.62. The molecule has 0 spiro atoms. The average Bonchev–Trinajstić information content (AvgIpc) is 2.32. The Kier molecular flexibility index (Phi) is 3.00. The molecule has 0 aromatic heterocycles. The third-order valence-corrected chi connectivity index (χ3v) is 2.57. The van der Waals surface area contributed by atoms with E-state index in [9.17, 15) is 13.6 Å². The Morgan fingerprint density at radius 3 is 2.35 bits per heavy atom. The molecule has 0 atom stereocenters. The molecule has 0 aliphatic carbocycles. The van der Waals surface area contributed by atoms with Crippen LogP contribution in [-0.4, -0.2) is 5.78 Å². The molecule has 17 heavy (non-hydrogen) atoms. The van der Waals surface area contributed by atoms with Crippen LogP contribution in [0.2, 0.25) is 0 Å². The van der Waals surface area contributed by atoms with Crippen LogP contribution in [0, 0.1) is 18.6 Å². The normalized spacial score (nSPS) is 10.3. The molecule has 2 aromatic carbocycles. The highest BCUT2D eigenvalue weighted by Gasteiger charge is 2.13. The molecule has 0 amide bonds. The average molecular weight is 232 g/mol. The highest BCUT2D eigenvalue weighted by atomic mass is 19.2. The molecule has 0 radical (unpaired) electrons. The van der Waals surface area contributed by atoms with E-state index in [0.717, 1.165) is 17.7 Å². The van der Waals surface area contributed by atoms with Gasteiger partial charge in [-0.25, -0.2) is 8.78 Å². The number of hydrogen-bond acceptors (Lipinski definition) is 1. The molecule has 2 aromatic rings. The number of rotatable bonds is 2. The first kappa shape index (κ1) is 11.5. The Bertz CT molecular complexity index is 576. The van der Waals surface area contributed by atoms with Crippen molar-refractivity contribution in [3.63, 3.8) is 0 Å². The zero-order valence-corrected chi connectivity index (χ0v) is 9.21. The quantitative estimate of drug-likeness (QED) is 0.724. The monoisotopic (exact) mass is 232 g/mol. The molecule has 0 saturated carbocycles. The number of aryl methyl sites for hydroxylation is 1. The van der Waals surface area contributed by atoms with Crippen LogP contribution in [0.3, 0.4) is 0 Å². The number of halogens is 2. The van der Waals surface area contributed by atoms with Crippen LogP contribution in [-0.2, 0) is 0 Å². The van der Waals surface area contributed by atoms with Crippen molar-refractivity contribution < 1.29 is 13.6 Å². The molecular formula is C14H10F2O. The van der Waals surface area contributed by atoms with E-state index < -0.39 is 11.6 Å². The Morgan fingerprint density at radius 2 is 1.71 bits per heavy atom. The van der Waals surface area contributed by atoms with Crippen molar-refractivity contribution >= 4 is 5.78 Å². The van der Waals surface area contributed by atoms with E-state index in [4.69, 9.17) is 0 Å². The molecular weight excluding hydrogens is 222 g/mol. The third-order valence-electron chi connectivity index (χ3n) is 2.57. The lowest BCUT2D eigenvalue weighted by Crippen LogP contribution is -2.04. The van der Waals surface area contributed by atoms with Crippen molar-refractivity contribution in [2.24, 2.45) is 0 Å². The standard InChI is InChI=1S/C14H10F2O/c1-9-4-2-3-5-11(9)14(17)10-6-7-12(15)13(16)8-10/h2-8H,1H3. The second-order valence-electron chi connectivity index (χ2n) is 3.77. The Balaban J connectivity index is 2.44. The van der Waals surface area contributed by atoms with Crippen LogP contribution < -0.4 is 0 Å². The maximum Gasteiger partial charge on any atom is 0.193 e. The van der Waals surface area contributed by atoms with Gasteiger partial charge in [0.2, 0.25) is 0 Å². The molecule has 3 heteroatoms. The lowest BCUT2D eigenvalue weighted by Gasteiger charge is -2.04. The van der Waals surface area contributed by atoms with Gasteiger partial charge >= 0.3 is 0 Å². The van der Waals surface area contributed by atoms with Crippen LogP contribution in [0.25, 0.3) is 0 Å². The fourth-order valence-electron chi connectivity index (χ4n) is 1.62. The number of ketones is 1. The van der Waals surface area contributed by atoms with Crippen molar-refractivity contribution in [3.05, 3.63) is 70.8 Å². The SMILES string of the molecule is Cc1ccccc1C(=O)c1ccc(F)c(F)c1. The van der Waals surface area contributed by atoms with Gasteiger partial charge in [-0.05, 0) is 30.7 Å². The molecule has 0 fully saturated rings. The van der Waals surface area contributed by atoms with Gasteiger partial charge in [0, 0.05) is 11.1 Å². The summed E-state index contributed by atoms with van der Waals surface area (Å²) in [6, 6.07) is 10.2. The second-order valence-corrected chi connectivity index (χ2v) is 3.77. The van der Waals surface area contributed by atoms with E-state index in [1.165, 1.54) is 6.07 Å². The van der Waals surface area contributed by atoms with Crippen molar-refractivity contribution in [1.29, 1.82) is 0 Å². The Morgan fingerprint density at radius 1 is 1.00 bits per heavy atom. The summed E-state index contributed by atoms with van der Waals surface area (Å²) in [7, 11) is 0. The first-order valence-electron chi connectivity index (χ1n) is 5.15. The summed E-state index contributed by atoms with van der Waals surface area (Å²) in [5, 5.41) is 0. The first-order chi connectivity index (χ1) is 8.09. The van der Waals surface area contributed by atoms with Gasteiger partial charge in [-0.1, -0.05) is 24.3 Å². The van der Waals surface area contributed by atoms with Crippen molar-refractivity contribution in [1.82, 2.24) is 0 Å². The summed E-state index contributed by atoms with van der Waals surface area (Å²) in [6.45, 7) is 1.80. The molecule has 86 valence electrons. The largest absolute Gasteiger partial charge is 0.289 e. The lowest BCUT2D eigenvalue weighted by atomic mass is 9.99. The zero-order valence-electron chi connectivity index (χ0n) is 9.21. The highest BCUT2D eigenvalue weighted by molar-refractivity contribution is 6.09. The van der Waals surface area contributed by atoms with Crippen LogP contribution in [0.5, 0.6) is 0 Å². The minimum absolute atomic E-state index is 0.151. The van der Waals surface area contributed by atoms with E-state index in [-0.39, 0.29) is 11.3 Å². The first-order valence-corrected chi connectivity index (χ1v) is 5.15. The Hall–Kier alpha value is -2.03. The predicted octanol–water partition coefficient (Wildman–Crippen LogP) is 3.50. The summed E-state index contributed by atoms with van der Waals surface area (Å²) < 4.78 is 25.8. The van der Waals surface area contributed by atoms with Gasteiger partial charge in [0.25, 0.3) is 0 Å². The smallest absolute Gasteiger partial charge is 0.193 e. The fraction of sp³-hybridized carbons (Fsp3) is 0.0714. The molecule has 0 aliphatic heterocycles. The van der Waals surface area contributed by atoms with Gasteiger partial charge < -0.3 is 0 Å². The highest BCUT2D eigenvalue weighted by Crippen LogP contribution is 2.16. The minimum Gasteiger partial charge on any atom is -0.289 e. The van der Waals surface area contributed by atoms with E-state index in [1.807, 2.05) is 6.07 Å². The predicted molar refractivity (Wildman–Crippen MR) is 61.0 cm³/mol. The zero-order chi connectivity index (χ0) is 12.4. The number of carbonyl (C=O) groups is 1. The summed E-state index contributed by atoms with van der Waals surface area (Å²) in [5.41, 5.74) is 1.46. The molecule has 1 nitrogen and oxygen atoms in total. The summed E-state index contributed by atoms with van der Waals surface area (Å²) in [6.07, 6.45) is 0. The van der Waals surface area contributed by atoms with Crippen molar-refractivity contribution in [2.75, 3.05) is 0 Å². The molecule has 0 unspecified atom stereocenters. The van der Waals surface area contributed by atoms with E-state index >= 15 is 0 Å². The summed E-state index contributed by atoms with van der Waals surface area (Å²) in [4.78, 5) is 12.0. The molecule has 0 heterocycles. The topological polar surface area (TPSA) is 17.1 Å². The van der Waals surface area contributed by atoms with Crippen LogP contribution in [0.1, 0.15) is 21.5 Å². The summed E-state index contributed by atoms with van der Waals surface area (Å²) in [5.74, 6) is -2.27. The van der Waals surface area contributed by atoms with Crippen LogP contribution in [0.4, 0.5) is 8.78 Å². The van der Waals surface area contributed by atoms with Gasteiger partial charge in [0.1, 0.15) is 0 Å². The maximum atomic E-state index is 13.0. The number of benzene rings is 2. The molecule has 0 bridgehead atoms. The lowest BCUT2D eigenvalue weighted by molar-refractivity contribution is 0.103. The van der Waals surface area contributed by atoms with Gasteiger partial charge in [-0.15, -0.1) is 0 Å². The van der Waals surface area contributed by atoms with E-state index in [0.29, 0.717) is 5.56 Å². The van der Waals surface area contributed by atoms with Crippen molar-refractivity contribution in [2.45, 2.75) is 6.92 Å². The number of hydrogen-bond donors (Lipinski definition) is 0. The van der Waals surface area contributed by atoms with Crippen LogP contribution >= 0.6 is 0 Å². The molecule has 0 N–H and O–H groups in total. The number of carbonyl (C=O) groups excluding carboxylic acids is 1. The van der Waals surface area contributed by atoms with E-state index in [2.05, 4.69) is 0 Å². The molecule has 2 rings (SSSR count). The van der Waals surface area contributed by atoms with E-state index in [1.54, 1.807) is 25.1 Å². The van der Waals surface area contributed by atoms with Gasteiger partial charge in [-0.2, -0.15) is 0 Å². The van der Waals surface area contributed by atoms with Gasteiger partial charge in [-0.3, -0.25) is 4.79 Å². The minimum atomic E-state index is -1.01. The maximum absolute atomic E-state index is 13.0. The van der Waals surface area contributed by atoms with Crippen LogP contribution in [0.15, 0.2) is 42.5 Å². The van der Waals surface area contributed by atoms with Crippen molar-refractivity contribution in [3.8, 4) is 0 Å². The molecule has 0 aliphatic rings. The van der Waals surface area contributed by atoms with Gasteiger partial charge in [0.15, 0.2) is 17.4 Å². The summed E-state index contributed by atoms with van der Waals surface area (Å²) >= 11 is 0. The van der Waals surface area contributed by atoms with Gasteiger partial charge in [0.05, 0.1) is 0 Å². The third kappa shape index (κ3) is 2.23.